The molecule has 0 spiro atoms. The van der Waals surface area contributed by atoms with Crippen LogP contribution in [0.3, 0.4) is 0 Å². The third-order valence-corrected chi connectivity index (χ3v) is 6.59. The smallest absolute Gasteiger partial charge is 0.253 e. The first-order chi connectivity index (χ1) is 14.8. The number of carbonyl (C=O) groups is 2. The SMILES string of the molecule is CCCCc1c(C)nc2nc(SCC(=O)c3ccc(NC(C)=O)c(SC)c3)nn2c1C. The van der Waals surface area contributed by atoms with E-state index >= 15 is 0 Å². The Balaban J connectivity index is 1.75. The van der Waals surface area contributed by atoms with Crippen LogP contribution in [0.5, 0.6) is 0 Å². The summed E-state index contributed by atoms with van der Waals surface area (Å²) in [7, 11) is 0. The standard InChI is InChI=1S/C22H27N5O2S2/c1-6-7-8-17-13(2)23-21-25-22(26-27(21)14(17)3)31-12-19(29)16-9-10-18(24-15(4)28)20(11-16)30-5/h9-11H,6-8,12H2,1-5H3,(H,24,28). The summed E-state index contributed by atoms with van der Waals surface area (Å²) in [6, 6.07) is 5.31. The molecule has 0 aliphatic rings. The zero-order chi connectivity index (χ0) is 22.5. The largest absolute Gasteiger partial charge is 0.325 e. The lowest BCUT2D eigenvalue weighted by Gasteiger charge is -2.09. The molecule has 1 amide bonds. The van der Waals surface area contributed by atoms with Gasteiger partial charge in [-0.25, -0.2) is 9.50 Å². The topological polar surface area (TPSA) is 89.2 Å². The number of amides is 1. The fourth-order valence-electron chi connectivity index (χ4n) is 3.34. The number of aryl methyl sites for hydroxylation is 2. The van der Waals surface area contributed by atoms with E-state index in [1.54, 1.807) is 16.6 Å². The van der Waals surface area contributed by atoms with Crippen LogP contribution in [0, 0.1) is 13.8 Å². The number of benzene rings is 1. The van der Waals surface area contributed by atoms with Gasteiger partial charge in [0.1, 0.15) is 0 Å². The molecular weight excluding hydrogens is 430 g/mol. The highest BCUT2D eigenvalue weighted by atomic mass is 32.2. The first-order valence-electron chi connectivity index (χ1n) is 10.2. The van der Waals surface area contributed by atoms with Crippen molar-refractivity contribution in [3.8, 4) is 0 Å². The van der Waals surface area contributed by atoms with Gasteiger partial charge in [0.05, 0.1) is 11.4 Å². The minimum Gasteiger partial charge on any atom is -0.325 e. The van der Waals surface area contributed by atoms with E-state index in [9.17, 15) is 9.59 Å². The van der Waals surface area contributed by atoms with Crippen molar-refractivity contribution in [2.24, 2.45) is 0 Å². The predicted molar refractivity (Wildman–Crippen MR) is 126 cm³/mol. The van der Waals surface area contributed by atoms with Crippen molar-refractivity contribution in [1.82, 2.24) is 19.6 Å². The molecule has 0 aliphatic heterocycles. The van der Waals surface area contributed by atoms with Crippen molar-refractivity contribution < 1.29 is 9.59 Å². The molecule has 164 valence electrons. The summed E-state index contributed by atoms with van der Waals surface area (Å²) in [4.78, 5) is 34.0. The number of hydrogen-bond acceptors (Lipinski definition) is 7. The quantitative estimate of drug-likeness (QED) is 0.367. The molecule has 0 saturated carbocycles. The van der Waals surface area contributed by atoms with Gasteiger partial charge in [0, 0.05) is 28.8 Å². The van der Waals surface area contributed by atoms with E-state index in [0.29, 0.717) is 22.2 Å². The Morgan fingerprint density at radius 1 is 1.19 bits per heavy atom. The third kappa shape index (κ3) is 5.46. The fourth-order valence-corrected chi connectivity index (χ4v) is 4.63. The molecule has 7 nitrogen and oxygen atoms in total. The van der Waals surface area contributed by atoms with Gasteiger partial charge in [-0.2, -0.15) is 4.98 Å². The first kappa shape index (κ1) is 23.3. The van der Waals surface area contributed by atoms with Crippen LogP contribution in [0.2, 0.25) is 0 Å². The molecule has 0 radical (unpaired) electrons. The monoisotopic (exact) mass is 457 g/mol. The molecule has 9 heteroatoms. The number of nitrogens with zero attached hydrogens (tertiary/aromatic N) is 4. The van der Waals surface area contributed by atoms with E-state index in [4.69, 9.17) is 0 Å². The molecule has 1 aromatic carbocycles. The zero-order valence-corrected chi connectivity index (χ0v) is 20.1. The number of carbonyl (C=O) groups excluding carboxylic acids is 2. The summed E-state index contributed by atoms with van der Waals surface area (Å²) in [5.41, 5.74) is 4.57. The van der Waals surface area contributed by atoms with Gasteiger partial charge in [0.2, 0.25) is 11.1 Å². The molecule has 2 heterocycles. The lowest BCUT2D eigenvalue weighted by molar-refractivity contribution is -0.114. The van der Waals surface area contributed by atoms with Gasteiger partial charge in [0.25, 0.3) is 5.78 Å². The molecule has 2 aromatic heterocycles. The Kier molecular flexibility index (Phi) is 7.72. The summed E-state index contributed by atoms with van der Waals surface area (Å²) in [6.07, 6.45) is 5.13. The van der Waals surface area contributed by atoms with E-state index in [-0.39, 0.29) is 17.4 Å². The molecule has 0 fully saturated rings. The zero-order valence-electron chi connectivity index (χ0n) is 18.5. The van der Waals surface area contributed by atoms with E-state index in [0.717, 1.165) is 35.5 Å². The lowest BCUT2D eigenvalue weighted by Crippen LogP contribution is -2.08. The summed E-state index contributed by atoms with van der Waals surface area (Å²) < 4.78 is 1.78. The summed E-state index contributed by atoms with van der Waals surface area (Å²) >= 11 is 2.79. The molecule has 0 bridgehead atoms. The van der Waals surface area contributed by atoms with Crippen LogP contribution in [0.1, 0.15) is 54.0 Å². The maximum absolute atomic E-state index is 12.7. The molecule has 3 rings (SSSR count). The number of fused-ring (bicyclic) bond motifs is 1. The minimum atomic E-state index is -0.139. The molecule has 0 unspecified atom stereocenters. The normalized spacial score (nSPS) is 11.1. The molecule has 0 atom stereocenters. The van der Waals surface area contributed by atoms with Crippen LogP contribution >= 0.6 is 23.5 Å². The number of aromatic nitrogens is 4. The van der Waals surface area contributed by atoms with Crippen LogP contribution < -0.4 is 5.32 Å². The molecule has 31 heavy (non-hydrogen) atoms. The van der Waals surface area contributed by atoms with E-state index in [2.05, 4.69) is 27.3 Å². The van der Waals surface area contributed by atoms with E-state index < -0.39 is 0 Å². The van der Waals surface area contributed by atoms with Gasteiger partial charge in [-0.3, -0.25) is 9.59 Å². The summed E-state index contributed by atoms with van der Waals surface area (Å²) in [5.74, 6) is 0.637. The van der Waals surface area contributed by atoms with Crippen LogP contribution in [-0.4, -0.2) is 43.3 Å². The number of anilines is 1. The Hall–Kier alpha value is -2.39. The second kappa shape index (κ2) is 10.3. The average Bonchev–Trinajstić information content (AvgIpc) is 3.14. The Morgan fingerprint density at radius 3 is 2.65 bits per heavy atom. The molecular formula is C22H27N5O2S2. The lowest BCUT2D eigenvalue weighted by atomic mass is 10.1. The second-order valence-corrected chi connectivity index (χ2v) is 9.07. The maximum Gasteiger partial charge on any atom is 0.253 e. The molecule has 0 aliphatic carbocycles. The van der Waals surface area contributed by atoms with Gasteiger partial charge in [0.15, 0.2) is 5.78 Å². The van der Waals surface area contributed by atoms with Crippen molar-refractivity contribution in [2.75, 3.05) is 17.3 Å². The fraction of sp³-hybridized carbons (Fsp3) is 0.409. The number of ketones is 1. The van der Waals surface area contributed by atoms with Gasteiger partial charge >= 0.3 is 0 Å². The van der Waals surface area contributed by atoms with Crippen molar-refractivity contribution in [3.63, 3.8) is 0 Å². The maximum atomic E-state index is 12.7. The van der Waals surface area contributed by atoms with Gasteiger partial charge in [-0.05, 0) is 56.7 Å². The second-order valence-electron chi connectivity index (χ2n) is 7.28. The van der Waals surface area contributed by atoms with Crippen molar-refractivity contribution >= 4 is 46.7 Å². The highest BCUT2D eigenvalue weighted by Gasteiger charge is 2.16. The molecule has 0 saturated heterocycles. The molecule has 1 N–H and O–H groups in total. The Labute approximate surface area is 190 Å². The number of unbranched alkanes of at least 4 members (excludes halogenated alkanes) is 1. The predicted octanol–water partition coefficient (Wildman–Crippen LogP) is 4.74. The van der Waals surface area contributed by atoms with Crippen molar-refractivity contribution in [2.45, 2.75) is 57.0 Å². The van der Waals surface area contributed by atoms with Gasteiger partial charge < -0.3 is 5.32 Å². The minimum absolute atomic E-state index is 0.0157. The van der Waals surface area contributed by atoms with Crippen molar-refractivity contribution in [3.05, 3.63) is 40.7 Å². The van der Waals surface area contributed by atoms with Crippen LogP contribution in [0.15, 0.2) is 28.3 Å². The van der Waals surface area contributed by atoms with E-state index in [1.807, 2.05) is 26.2 Å². The highest BCUT2D eigenvalue weighted by molar-refractivity contribution is 7.99. The average molecular weight is 458 g/mol. The van der Waals surface area contributed by atoms with E-state index in [1.165, 1.54) is 36.0 Å². The van der Waals surface area contributed by atoms with Crippen LogP contribution in [0.25, 0.3) is 5.78 Å². The van der Waals surface area contributed by atoms with Crippen LogP contribution in [-0.2, 0) is 11.2 Å². The highest BCUT2D eigenvalue weighted by Crippen LogP contribution is 2.28. The number of nitrogens with one attached hydrogen (secondary N) is 1. The third-order valence-electron chi connectivity index (χ3n) is 4.98. The van der Waals surface area contributed by atoms with Crippen LogP contribution in [0.4, 0.5) is 5.69 Å². The summed E-state index contributed by atoms with van der Waals surface area (Å²) in [6.45, 7) is 7.69. The number of thioether (sulfide) groups is 2. The number of hydrogen-bond donors (Lipinski definition) is 1. The Morgan fingerprint density at radius 2 is 1.97 bits per heavy atom. The Bertz CT molecular complexity index is 1130. The first-order valence-corrected chi connectivity index (χ1v) is 12.4. The summed E-state index contributed by atoms with van der Waals surface area (Å²) in [5, 5.41) is 7.89. The number of Topliss-reactive ketones (excluding diaryl/α,β-unsaturated/α-hetero) is 1. The van der Waals surface area contributed by atoms with Gasteiger partial charge in [-0.1, -0.05) is 25.1 Å². The van der Waals surface area contributed by atoms with Gasteiger partial charge in [-0.15, -0.1) is 16.9 Å². The number of rotatable bonds is 9. The van der Waals surface area contributed by atoms with Crippen molar-refractivity contribution in [1.29, 1.82) is 0 Å². The molecule has 3 aromatic rings.